The van der Waals surface area contributed by atoms with Crippen LogP contribution in [-0.4, -0.2) is 16.3 Å². The molecule has 0 aromatic heterocycles. The lowest BCUT2D eigenvalue weighted by molar-refractivity contribution is 0.0307. The highest BCUT2D eigenvalue weighted by Crippen LogP contribution is 2.25. The monoisotopic (exact) mass is 214 g/mol. The van der Waals surface area contributed by atoms with Gasteiger partial charge in [-0.1, -0.05) is 30.7 Å². The van der Waals surface area contributed by atoms with Crippen molar-refractivity contribution >= 4 is 11.6 Å². The third-order valence-electron chi connectivity index (χ3n) is 2.47. The second kappa shape index (κ2) is 4.78. The van der Waals surface area contributed by atoms with E-state index in [-0.39, 0.29) is 5.92 Å². The lowest BCUT2D eigenvalue weighted by Crippen LogP contribution is -2.20. The van der Waals surface area contributed by atoms with E-state index in [4.69, 9.17) is 11.6 Å². The molecule has 2 nitrogen and oxygen atoms in total. The molecule has 78 valence electrons. The first-order valence-corrected chi connectivity index (χ1v) is 5.01. The van der Waals surface area contributed by atoms with Gasteiger partial charge in [0.2, 0.25) is 0 Å². The summed E-state index contributed by atoms with van der Waals surface area (Å²) in [7, 11) is 0. The summed E-state index contributed by atoms with van der Waals surface area (Å²) in [5.74, 6) is -0.184. The molecule has 0 bridgehead atoms. The van der Waals surface area contributed by atoms with Gasteiger partial charge < -0.3 is 10.2 Å². The molecule has 2 N–H and O–H groups in total. The zero-order valence-electron chi connectivity index (χ0n) is 8.31. The quantitative estimate of drug-likeness (QED) is 0.811. The maximum Gasteiger partial charge on any atom is 0.0840 e. The van der Waals surface area contributed by atoms with Crippen molar-refractivity contribution in [3.63, 3.8) is 0 Å². The molecule has 0 amide bonds. The Balaban J connectivity index is 2.78. The van der Waals surface area contributed by atoms with Crippen molar-refractivity contribution in [3.05, 3.63) is 34.9 Å². The normalized spacial score (nSPS) is 17.5. The highest BCUT2D eigenvalue weighted by atomic mass is 35.5. The van der Waals surface area contributed by atoms with E-state index in [2.05, 4.69) is 0 Å². The predicted molar refractivity (Wildman–Crippen MR) is 57.3 cm³/mol. The van der Waals surface area contributed by atoms with Crippen LogP contribution in [0.15, 0.2) is 24.3 Å². The Morgan fingerprint density at radius 1 is 1.07 bits per heavy atom. The Bertz CT molecular complexity index is 282. The summed E-state index contributed by atoms with van der Waals surface area (Å²) in [5.41, 5.74) is 0.780. The summed E-state index contributed by atoms with van der Waals surface area (Å²) >= 11 is 5.73. The van der Waals surface area contributed by atoms with E-state index in [1.165, 1.54) is 0 Å². The number of aliphatic hydroxyl groups is 2. The first-order valence-electron chi connectivity index (χ1n) is 4.64. The maximum atomic E-state index is 9.85. The minimum Gasteiger partial charge on any atom is -0.393 e. The average molecular weight is 215 g/mol. The summed E-state index contributed by atoms with van der Waals surface area (Å²) in [6.07, 6.45) is -1.17. The predicted octanol–water partition coefficient (Wildman–Crippen LogP) is 2.39. The van der Waals surface area contributed by atoms with Crippen molar-refractivity contribution in [1.82, 2.24) is 0 Å². The molecule has 3 heteroatoms. The van der Waals surface area contributed by atoms with Crippen LogP contribution in [0.3, 0.4) is 0 Å². The van der Waals surface area contributed by atoms with Crippen LogP contribution in [0.25, 0.3) is 0 Å². The number of aliphatic hydroxyl groups excluding tert-OH is 2. The van der Waals surface area contributed by atoms with Crippen LogP contribution in [-0.2, 0) is 0 Å². The molecule has 0 aliphatic rings. The second-order valence-corrected chi connectivity index (χ2v) is 4.03. The lowest BCUT2D eigenvalue weighted by atomic mass is 9.93. The Hall–Kier alpha value is -0.570. The van der Waals surface area contributed by atoms with Crippen molar-refractivity contribution in [1.29, 1.82) is 0 Å². The fourth-order valence-electron chi connectivity index (χ4n) is 1.23. The van der Waals surface area contributed by atoms with E-state index in [0.29, 0.717) is 5.02 Å². The number of hydrogen-bond acceptors (Lipinski definition) is 2. The maximum absolute atomic E-state index is 9.85. The van der Waals surface area contributed by atoms with Crippen LogP contribution in [0.1, 0.15) is 25.5 Å². The van der Waals surface area contributed by atoms with Gasteiger partial charge in [0.15, 0.2) is 0 Å². The number of rotatable bonds is 3. The van der Waals surface area contributed by atoms with Gasteiger partial charge in [0, 0.05) is 10.9 Å². The van der Waals surface area contributed by atoms with Crippen LogP contribution in [0.5, 0.6) is 0 Å². The minimum atomic E-state index is -0.646. The summed E-state index contributed by atoms with van der Waals surface area (Å²) in [5, 5.41) is 19.8. The zero-order chi connectivity index (χ0) is 10.7. The molecular formula is C11H15ClO2. The van der Waals surface area contributed by atoms with E-state index in [1.54, 1.807) is 31.2 Å². The lowest BCUT2D eigenvalue weighted by Gasteiger charge is -2.21. The van der Waals surface area contributed by atoms with E-state index in [0.717, 1.165) is 5.56 Å². The Labute approximate surface area is 89.1 Å². The summed E-state index contributed by atoms with van der Waals surface area (Å²) in [6.45, 7) is 3.48. The highest BCUT2D eigenvalue weighted by Gasteiger charge is 2.20. The first kappa shape index (κ1) is 11.5. The molecule has 0 fully saturated rings. The van der Waals surface area contributed by atoms with Gasteiger partial charge in [0.25, 0.3) is 0 Å². The van der Waals surface area contributed by atoms with Gasteiger partial charge in [-0.2, -0.15) is 0 Å². The summed E-state index contributed by atoms with van der Waals surface area (Å²) in [6, 6.07) is 7.00. The molecule has 3 unspecified atom stereocenters. The molecule has 3 atom stereocenters. The third-order valence-corrected chi connectivity index (χ3v) is 2.72. The SMILES string of the molecule is CC(O)C(C)C(O)c1ccc(Cl)cc1. The van der Waals surface area contributed by atoms with Crippen LogP contribution < -0.4 is 0 Å². The Morgan fingerprint density at radius 2 is 1.57 bits per heavy atom. The van der Waals surface area contributed by atoms with E-state index < -0.39 is 12.2 Å². The molecule has 1 rings (SSSR count). The standard InChI is InChI=1S/C11H15ClO2/c1-7(8(2)13)11(14)9-3-5-10(12)6-4-9/h3-8,11,13-14H,1-2H3. The molecule has 1 aromatic carbocycles. The smallest absolute Gasteiger partial charge is 0.0840 e. The largest absolute Gasteiger partial charge is 0.393 e. The molecule has 0 aliphatic carbocycles. The molecule has 0 saturated heterocycles. The molecule has 0 heterocycles. The van der Waals surface area contributed by atoms with Crippen LogP contribution in [0, 0.1) is 5.92 Å². The van der Waals surface area contributed by atoms with E-state index >= 15 is 0 Å². The van der Waals surface area contributed by atoms with Crippen molar-refractivity contribution in [2.45, 2.75) is 26.1 Å². The number of benzene rings is 1. The number of halogens is 1. The average Bonchev–Trinajstić information content (AvgIpc) is 2.16. The van der Waals surface area contributed by atoms with Gasteiger partial charge in [-0.25, -0.2) is 0 Å². The van der Waals surface area contributed by atoms with Crippen LogP contribution >= 0.6 is 11.6 Å². The van der Waals surface area contributed by atoms with Crippen molar-refractivity contribution in [2.75, 3.05) is 0 Å². The number of hydrogen-bond donors (Lipinski definition) is 2. The van der Waals surface area contributed by atoms with Crippen LogP contribution in [0.4, 0.5) is 0 Å². The van der Waals surface area contributed by atoms with Crippen molar-refractivity contribution in [3.8, 4) is 0 Å². The molecule has 0 spiro atoms. The fourth-order valence-corrected chi connectivity index (χ4v) is 1.35. The van der Waals surface area contributed by atoms with E-state index in [1.807, 2.05) is 6.92 Å². The molecule has 1 aromatic rings. The minimum absolute atomic E-state index is 0.184. The first-order chi connectivity index (χ1) is 6.52. The molecule has 0 radical (unpaired) electrons. The van der Waals surface area contributed by atoms with Gasteiger partial charge in [-0.3, -0.25) is 0 Å². The topological polar surface area (TPSA) is 40.5 Å². The zero-order valence-corrected chi connectivity index (χ0v) is 9.07. The van der Waals surface area contributed by atoms with Crippen molar-refractivity contribution in [2.24, 2.45) is 5.92 Å². The van der Waals surface area contributed by atoms with Gasteiger partial charge in [0.05, 0.1) is 12.2 Å². The van der Waals surface area contributed by atoms with Gasteiger partial charge >= 0.3 is 0 Å². The van der Waals surface area contributed by atoms with Crippen LogP contribution in [0.2, 0.25) is 5.02 Å². The summed E-state index contributed by atoms with van der Waals surface area (Å²) < 4.78 is 0. The summed E-state index contributed by atoms with van der Waals surface area (Å²) in [4.78, 5) is 0. The van der Waals surface area contributed by atoms with E-state index in [9.17, 15) is 10.2 Å². The highest BCUT2D eigenvalue weighted by molar-refractivity contribution is 6.30. The third kappa shape index (κ3) is 2.71. The Kier molecular flexibility index (Phi) is 3.93. The molecule has 14 heavy (non-hydrogen) atoms. The second-order valence-electron chi connectivity index (χ2n) is 3.60. The van der Waals surface area contributed by atoms with Gasteiger partial charge in [0.1, 0.15) is 0 Å². The van der Waals surface area contributed by atoms with Gasteiger partial charge in [-0.05, 0) is 24.6 Å². The van der Waals surface area contributed by atoms with Gasteiger partial charge in [-0.15, -0.1) is 0 Å². The molecular weight excluding hydrogens is 200 g/mol. The van der Waals surface area contributed by atoms with Crippen molar-refractivity contribution < 1.29 is 10.2 Å². The Morgan fingerprint density at radius 3 is 2.00 bits per heavy atom. The molecule has 0 aliphatic heterocycles. The molecule has 0 saturated carbocycles. The fraction of sp³-hybridized carbons (Fsp3) is 0.455.